The number of piperidine rings is 1. The maximum atomic E-state index is 13.2. The Kier molecular flexibility index (Phi) is 9.04. The molecule has 3 aromatic rings. The molecule has 2 unspecified atom stereocenters. The first-order valence-corrected chi connectivity index (χ1v) is 12.8. The Labute approximate surface area is 217 Å². The number of aliphatic hydroxyl groups excluding tert-OH is 1. The molecule has 4 rings (SSSR count). The number of aliphatic hydroxyl groups is 1. The lowest BCUT2D eigenvalue weighted by Crippen LogP contribution is -2.46. The fourth-order valence-electron chi connectivity index (χ4n) is 4.88. The Hall–Kier alpha value is -3.55. The highest BCUT2D eigenvalue weighted by atomic mass is 19.1. The lowest BCUT2D eigenvalue weighted by Gasteiger charge is -2.35. The minimum atomic E-state index is -0.814. The fourth-order valence-corrected chi connectivity index (χ4v) is 4.88. The van der Waals surface area contributed by atoms with Crippen LogP contribution in [0.3, 0.4) is 0 Å². The number of rotatable bonds is 9. The molecule has 1 heterocycles. The van der Waals surface area contributed by atoms with E-state index in [4.69, 9.17) is 0 Å². The van der Waals surface area contributed by atoms with E-state index >= 15 is 0 Å². The third-order valence-electron chi connectivity index (χ3n) is 6.95. The second-order valence-corrected chi connectivity index (χ2v) is 9.77. The Morgan fingerprint density at radius 2 is 1.70 bits per heavy atom. The predicted octanol–water partition coefficient (Wildman–Crippen LogP) is 5.21. The first-order chi connectivity index (χ1) is 17.9. The summed E-state index contributed by atoms with van der Waals surface area (Å²) in [6.45, 7) is 3.62. The molecule has 37 heavy (non-hydrogen) atoms. The quantitative estimate of drug-likeness (QED) is 0.350. The zero-order valence-electron chi connectivity index (χ0n) is 21.1. The molecular weight excluding hydrogens is 469 g/mol. The first kappa shape index (κ1) is 26.5. The van der Waals surface area contributed by atoms with Crippen molar-refractivity contribution in [3.63, 3.8) is 0 Å². The summed E-state index contributed by atoms with van der Waals surface area (Å²) in [5.41, 5.74) is 2.98. The van der Waals surface area contributed by atoms with E-state index in [-0.39, 0.29) is 11.6 Å². The zero-order valence-corrected chi connectivity index (χ0v) is 21.1. The van der Waals surface area contributed by atoms with Crippen LogP contribution in [0.1, 0.15) is 47.3 Å². The number of Topliss-reactive ketones (excluding diaryl/α,β-unsaturated/α-hetero) is 1. The van der Waals surface area contributed by atoms with Crippen LogP contribution in [0.15, 0.2) is 78.9 Å². The van der Waals surface area contributed by atoms with Crippen LogP contribution in [0.25, 0.3) is 0 Å². The number of likely N-dealkylation sites (tertiary alicyclic amines) is 1. The number of halogens is 1. The maximum absolute atomic E-state index is 13.2. The van der Waals surface area contributed by atoms with E-state index in [0.29, 0.717) is 23.7 Å². The largest absolute Gasteiger partial charge is 0.389 e. The molecule has 0 aromatic heterocycles. The van der Waals surface area contributed by atoms with Crippen LogP contribution < -0.4 is 10.6 Å². The van der Waals surface area contributed by atoms with Gasteiger partial charge in [-0.1, -0.05) is 54.6 Å². The molecule has 2 atom stereocenters. The molecule has 7 heteroatoms. The van der Waals surface area contributed by atoms with Gasteiger partial charge in [-0.25, -0.2) is 9.18 Å². The van der Waals surface area contributed by atoms with E-state index in [2.05, 4.69) is 15.5 Å². The van der Waals surface area contributed by atoms with Gasteiger partial charge in [-0.3, -0.25) is 4.79 Å². The molecule has 6 nitrogen and oxygen atoms in total. The Balaban J connectivity index is 1.35. The van der Waals surface area contributed by atoms with E-state index in [1.165, 1.54) is 19.1 Å². The first-order valence-electron chi connectivity index (χ1n) is 12.8. The highest BCUT2D eigenvalue weighted by molar-refractivity contribution is 5.96. The van der Waals surface area contributed by atoms with E-state index in [0.717, 1.165) is 43.5 Å². The number of benzene rings is 3. The number of carbonyl (C=O) groups is 2. The minimum absolute atomic E-state index is 0.0805. The van der Waals surface area contributed by atoms with E-state index < -0.39 is 18.2 Å². The Bertz CT molecular complexity index is 1180. The van der Waals surface area contributed by atoms with Gasteiger partial charge in [0.25, 0.3) is 0 Å². The van der Waals surface area contributed by atoms with Gasteiger partial charge in [-0.05, 0) is 80.6 Å². The fraction of sp³-hybridized carbons (Fsp3) is 0.333. The molecule has 0 spiro atoms. The van der Waals surface area contributed by atoms with Gasteiger partial charge in [0.05, 0.1) is 12.1 Å². The molecule has 3 N–H and O–H groups in total. The molecule has 0 saturated carbocycles. The average Bonchev–Trinajstić information content (AvgIpc) is 2.90. The molecule has 2 amide bonds. The van der Waals surface area contributed by atoms with Gasteiger partial charge in [0, 0.05) is 17.8 Å². The summed E-state index contributed by atoms with van der Waals surface area (Å²) < 4.78 is 13.2. The third-order valence-corrected chi connectivity index (χ3v) is 6.95. The average molecular weight is 504 g/mol. The Morgan fingerprint density at radius 3 is 2.38 bits per heavy atom. The van der Waals surface area contributed by atoms with Gasteiger partial charge in [-0.15, -0.1) is 0 Å². The summed E-state index contributed by atoms with van der Waals surface area (Å²) in [7, 11) is 0. The van der Waals surface area contributed by atoms with Crippen molar-refractivity contribution in [1.82, 2.24) is 10.2 Å². The molecule has 0 bridgehead atoms. The highest BCUT2D eigenvalue weighted by Crippen LogP contribution is 2.24. The van der Waals surface area contributed by atoms with Crippen LogP contribution in [0, 0.1) is 11.7 Å². The van der Waals surface area contributed by atoms with Crippen molar-refractivity contribution in [2.24, 2.45) is 5.92 Å². The Morgan fingerprint density at radius 1 is 1.00 bits per heavy atom. The second kappa shape index (κ2) is 12.6. The predicted molar refractivity (Wildman–Crippen MR) is 143 cm³/mol. The van der Waals surface area contributed by atoms with Gasteiger partial charge in [0.1, 0.15) is 5.82 Å². The molecule has 1 fully saturated rings. The number of nitrogens with zero attached hydrogens (tertiary/aromatic N) is 1. The summed E-state index contributed by atoms with van der Waals surface area (Å²) in [5, 5.41) is 16.9. The van der Waals surface area contributed by atoms with E-state index in [9.17, 15) is 19.1 Å². The summed E-state index contributed by atoms with van der Waals surface area (Å²) in [6, 6.07) is 21.9. The smallest absolute Gasteiger partial charge is 0.319 e. The molecule has 194 valence electrons. The standard InChI is InChI=1S/C30H34FN3O3/c1-21(35)25-8-5-9-27(19-25)32-30(37)33-29(24-6-3-2-4-7-24)28(36)20-34-16-14-23(15-17-34)18-22-10-12-26(31)13-11-22/h2-13,19,23,28-29,36H,14-18,20H2,1H3,(H2,32,33,37). The lowest BCUT2D eigenvalue weighted by atomic mass is 9.90. The number of hydrogen-bond donors (Lipinski definition) is 3. The van der Waals surface area contributed by atoms with Gasteiger partial charge >= 0.3 is 6.03 Å². The summed E-state index contributed by atoms with van der Waals surface area (Å²) in [5.74, 6) is 0.230. The number of hydrogen-bond acceptors (Lipinski definition) is 4. The molecule has 1 saturated heterocycles. The second-order valence-electron chi connectivity index (χ2n) is 9.77. The molecule has 1 aliphatic heterocycles. The highest BCUT2D eigenvalue weighted by Gasteiger charge is 2.27. The number of amides is 2. The number of β-amino-alcohol motifs (C(OH)–C–C–N with tert-alkyl or cyclic N) is 1. The monoisotopic (exact) mass is 503 g/mol. The van der Waals surface area contributed by atoms with Gasteiger partial charge in [-0.2, -0.15) is 0 Å². The van der Waals surface area contributed by atoms with Gasteiger partial charge in [0.2, 0.25) is 0 Å². The number of nitrogens with one attached hydrogen (secondary N) is 2. The topological polar surface area (TPSA) is 81.7 Å². The summed E-state index contributed by atoms with van der Waals surface area (Å²) in [6.07, 6.45) is 2.11. The third kappa shape index (κ3) is 7.71. The maximum Gasteiger partial charge on any atom is 0.319 e. The van der Waals surface area contributed by atoms with Crippen molar-refractivity contribution < 1.29 is 19.1 Å². The summed E-state index contributed by atoms with van der Waals surface area (Å²) in [4.78, 5) is 26.8. The summed E-state index contributed by atoms with van der Waals surface area (Å²) >= 11 is 0. The van der Waals surface area contributed by atoms with Crippen LogP contribution in [0.5, 0.6) is 0 Å². The zero-order chi connectivity index (χ0) is 26.2. The number of urea groups is 1. The van der Waals surface area contributed by atoms with Crippen LogP contribution in [0.2, 0.25) is 0 Å². The van der Waals surface area contributed by atoms with Crippen LogP contribution in [-0.2, 0) is 6.42 Å². The van der Waals surface area contributed by atoms with Gasteiger partial charge < -0.3 is 20.6 Å². The van der Waals surface area contributed by atoms with E-state index in [1.807, 2.05) is 42.5 Å². The molecule has 0 radical (unpaired) electrons. The molecule has 0 aliphatic carbocycles. The lowest BCUT2D eigenvalue weighted by molar-refractivity contribution is 0.0657. The molecule has 3 aromatic carbocycles. The number of carbonyl (C=O) groups excluding carboxylic acids is 2. The van der Waals surface area contributed by atoms with Crippen molar-refractivity contribution in [2.75, 3.05) is 25.0 Å². The SMILES string of the molecule is CC(=O)c1cccc(NC(=O)NC(c2ccccc2)C(O)CN2CCC(Cc3ccc(F)cc3)CC2)c1. The van der Waals surface area contributed by atoms with Crippen LogP contribution in [0.4, 0.5) is 14.9 Å². The van der Waals surface area contributed by atoms with Crippen LogP contribution in [-0.4, -0.2) is 47.6 Å². The molecular formula is C30H34FN3O3. The van der Waals surface area contributed by atoms with Crippen molar-refractivity contribution in [1.29, 1.82) is 0 Å². The van der Waals surface area contributed by atoms with Crippen molar-refractivity contribution in [2.45, 2.75) is 38.3 Å². The van der Waals surface area contributed by atoms with E-state index in [1.54, 1.807) is 24.3 Å². The normalized spacial score (nSPS) is 16.1. The van der Waals surface area contributed by atoms with Crippen molar-refractivity contribution in [3.05, 3.63) is 101 Å². The number of anilines is 1. The minimum Gasteiger partial charge on any atom is -0.389 e. The van der Waals surface area contributed by atoms with Crippen molar-refractivity contribution in [3.8, 4) is 0 Å². The van der Waals surface area contributed by atoms with Gasteiger partial charge in [0.15, 0.2) is 5.78 Å². The number of ketones is 1. The van der Waals surface area contributed by atoms with Crippen LogP contribution >= 0.6 is 0 Å². The molecule has 1 aliphatic rings. The van der Waals surface area contributed by atoms with Crippen molar-refractivity contribution >= 4 is 17.5 Å².